The lowest BCUT2D eigenvalue weighted by Gasteiger charge is -2.27. The van der Waals surface area contributed by atoms with Gasteiger partial charge in [0.15, 0.2) is 0 Å². The van der Waals surface area contributed by atoms with E-state index >= 15 is 0 Å². The van der Waals surface area contributed by atoms with E-state index in [0.717, 1.165) is 11.3 Å². The number of carboxylic acids is 1. The summed E-state index contributed by atoms with van der Waals surface area (Å²) < 4.78 is 0. The van der Waals surface area contributed by atoms with Gasteiger partial charge in [-0.3, -0.25) is 14.4 Å². The Morgan fingerprint density at radius 2 is 1.64 bits per heavy atom. The van der Waals surface area contributed by atoms with Gasteiger partial charge in [0, 0.05) is 6.42 Å². The minimum atomic E-state index is -1.17. The minimum Gasteiger partial charge on any atom is -0.480 e. The summed E-state index contributed by atoms with van der Waals surface area (Å²) >= 11 is 1.57. The highest BCUT2D eigenvalue weighted by Crippen LogP contribution is 2.10. The predicted molar refractivity (Wildman–Crippen MR) is 130 cm³/mol. The standard InChI is InChI=1S/C23H36N4O5S/c1-5-14(2)19(27-20(28)15(3)25-21(29)17(24)11-12-33-4)22(30)26-18(23(31)32)13-16-9-7-6-8-10-16/h6-10,14-15,17-19H,5,11-13,24H2,1-4H3,(H,25,29)(H,26,30)(H,27,28)(H,31,32). The van der Waals surface area contributed by atoms with Gasteiger partial charge in [-0.05, 0) is 36.8 Å². The van der Waals surface area contributed by atoms with Crippen LogP contribution in [0.1, 0.15) is 39.2 Å². The average molecular weight is 481 g/mol. The molecule has 1 aromatic rings. The van der Waals surface area contributed by atoms with Crippen LogP contribution in [0.4, 0.5) is 0 Å². The molecule has 0 aliphatic carbocycles. The zero-order valence-electron chi connectivity index (χ0n) is 19.7. The minimum absolute atomic E-state index is 0.115. The molecule has 10 heteroatoms. The lowest BCUT2D eigenvalue weighted by Crippen LogP contribution is -2.58. The van der Waals surface area contributed by atoms with Crippen molar-refractivity contribution in [2.75, 3.05) is 12.0 Å². The number of thioether (sulfide) groups is 1. The van der Waals surface area contributed by atoms with E-state index in [4.69, 9.17) is 5.73 Å². The summed E-state index contributed by atoms with van der Waals surface area (Å²) in [5.74, 6) is -2.27. The molecule has 0 radical (unpaired) electrons. The number of aliphatic carboxylic acids is 1. The Labute approximate surface area is 199 Å². The highest BCUT2D eigenvalue weighted by Gasteiger charge is 2.31. The molecule has 33 heavy (non-hydrogen) atoms. The topological polar surface area (TPSA) is 151 Å². The molecule has 1 aromatic carbocycles. The Morgan fingerprint density at radius 1 is 1.00 bits per heavy atom. The van der Waals surface area contributed by atoms with Crippen molar-refractivity contribution in [3.63, 3.8) is 0 Å². The van der Waals surface area contributed by atoms with Gasteiger partial charge in [-0.2, -0.15) is 11.8 Å². The van der Waals surface area contributed by atoms with Gasteiger partial charge in [-0.1, -0.05) is 50.6 Å². The normalized spacial score (nSPS) is 15.4. The molecule has 0 fully saturated rings. The van der Waals surface area contributed by atoms with E-state index in [1.165, 1.54) is 6.92 Å². The van der Waals surface area contributed by atoms with Crippen LogP contribution in [-0.2, 0) is 25.6 Å². The van der Waals surface area contributed by atoms with Crippen LogP contribution in [0.25, 0.3) is 0 Å². The van der Waals surface area contributed by atoms with Crippen molar-refractivity contribution in [3.05, 3.63) is 35.9 Å². The van der Waals surface area contributed by atoms with Gasteiger partial charge in [0.05, 0.1) is 6.04 Å². The second-order valence-electron chi connectivity index (χ2n) is 8.08. The molecule has 0 spiro atoms. The summed E-state index contributed by atoms with van der Waals surface area (Å²) in [7, 11) is 0. The fourth-order valence-corrected chi connectivity index (χ4v) is 3.54. The monoisotopic (exact) mass is 480 g/mol. The third kappa shape index (κ3) is 9.83. The van der Waals surface area contributed by atoms with Crippen molar-refractivity contribution in [1.29, 1.82) is 0 Å². The summed E-state index contributed by atoms with van der Waals surface area (Å²) in [5.41, 5.74) is 6.61. The first-order chi connectivity index (χ1) is 15.6. The highest BCUT2D eigenvalue weighted by atomic mass is 32.2. The molecule has 0 heterocycles. The van der Waals surface area contributed by atoms with E-state index in [1.807, 2.05) is 19.2 Å². The van der Waals surface area contributed by atoms with Gasteiger partial charge in [0.25, 0.3) is 0 Å². The quantitative estimate of drug-likeness (QED) is 0.266. The fraction of sp³-hybridized carbons (Fsp3) is 0.565. The van der Waals surface area contributed by atoms with E-state index in [-0.39, 0.29) is 12.3 Å². The van der Waals surface area contributed by atoms with E-state index in [0.29, 0.717) is 12.8 Å². The van der Waals surface area contributed by atoms with Crippen LogP contribution in [0.15, 0.2) is 30.3 Å². The largest absolute Gasteiger partial charge is 0.480 e. The molecule has 0 aliphatic rings. The Balaban J connectivity index is 2.82. The number of rotatable bonds is 14. The van der Waals surface area contributed by atoms with Crippen LogP contribution in [0.3, 0.4) is 0 Å². The molecule has 1 rings (SSSR count). The van der Waals surface area contributed by atoms with E-state index in [1.54, 1.807) is 43.0 Å². The SMILES string of the molecule is CCC(C)C(NC(=O)C(C)NC(=O)C(N)CCSC)C(=O)NC(Cc1ccccc1)C(=O)O. The number of benzene rings is 1. The van der Waals surface area contributed by atoms with Gasteiger partial charge in [0.1, 0.15) is 18.1 Å². The van der Waals surface area contributed by atoms with Crippen molar-refractivity contribution >= 4 is 35.5 Å². The van der Waals surface area contributed by atoms with Crippen molar-refractivity contribution < 1.29 is 24.3 Å². The third-order valence-corrected chi connectivity index (χ3v) is 6.06. The third-order valence-electron chi connectivity index (χ3n) is 5.41. The maximum Gasteiger partial charge on any atom is 0.326 e. The van der Waals surface area contributed by atoms with Gasteiger partial charge in [-0.15, -0.1) is 0 Å². The van der Waals surface area contributed by atoms with Crippen molar-refractivity contribution in [3.8, 4) is 0 Å². The van der Waals surface area contributed by atoms with Crippen LogP contribution in [0.2, 0.25) is 0 Å². The van der Waals surface area contributed by atoms with E-state index in [2.05, 4.69) is 16.0 Å². The Kier molecular flexibility index (Phi) is 12.5. The Hall–Kier alpha value is -2.59. The maximum absolute atomic E-state index is 13.0. The average Bonchev–Trinajstić information content (AvgIpc) is 2.80. The van der Waals surface area contributed by atoms with Gasteiger partial charge >= 0.3 is 5.97 Å². The molecule has 0 saturated heterocycles. The molecule has 0 saturated carbocycles. The molecular formula is C23H36N4O5S. The molecule has 3 amide bonds. The second-order valence-corrected chi connectivity index (χ2v) is 9.06. The van der Waals surface area contributed by atoms with E-state index < -0.39 is 47.9 Å². The van der Waals surface area contributed by atoms with E-state index in [9.17, 15) is 24.3 Å². The van der Waals surface area contributed by atoms with Crippen LogP contribution in [-0.4, -0.2) is 65.0 Å². The molecule has 184 valence electrons. The molecular weight excluding hydrogens is 444 g/mol. The van der Waals surface area contributed by atoms with Gasteiger partial charge in [-0.25, -0.2) is 4.79 Å². The van der Waals surface area contributed by atoms with Crippen molar-refractivity contribution in [2.24, 2.45) is 11.7 Å². The van der Waals surface area contributed by atoms with Gasteiger partial charge < -0.3 is 26.8 Å². The van der Waals surface area contributed by atoms with Crippen molar-refractivity contribution in [1.82, 2.24) is 16.0 Å². The molecule has 0 bridgehead atoms. The molecule has 0 aliphatic heterocycles. The number of hydrogen-bond acceptors (Lipinski definition) is 6. The highest BCUT2D eigenvalue weighted by molar-refractivity contribution is 7.98. The number of carbonyl (C=O) groups excluding carboxylic acids is 3. The summed E-state index contributed by atoms with van der Waals surface area (Å²) in [6, 6.07) is 5.24. The molecule has 6 N–H and O–H groups in total. The second kappa shape index (κ2) is 14.5. The van der Waals surface area contributed by atoms with Crippen LogP contribution >= 0.6 is 11.8 Å². The first-order valence-corrected chi connectivity index (χ1v) is 12.4. The zero-order chi connectivity index (χ0) is 25.0. The summed E-state index contributed by atoms with van der Waals surface area (Å²) in [4.78, 5) is 49.6. The zero-order valence-corrected chi connectivity index (χ0v) is 20.5. The lowest BCUT2D eigenvalue weighted by molar-refractivity contribution is -0.142. The molecule has 9 nitrogen and oxygen atoms in total. The Morgan fingerprint density at radius 3 is 2.18 bits per heavy atom. The number of carbonyl (C=O) groups is 4. The maximum atomic E-state index is 13.0. The summed E-state index contributed by atoms with van der Waals surface area (Å²) in [6.07, 6.45) is 3.09. The predicted octanol–water partition coefficient (Wildman–Crippen LogP) is 0.915. The number of nitrogens with one attached hydrogen (secondary N) is 3. The van der Waals surface area contributed by atoms with Crippen molar-refractivity contribution in [2.45, 2.75) is 64.2 Å². The first kappa shape index (κ1) is 28.4. The lowest BCUT2D eigenvalue weighted by atomic mass is 9.97. The van der Waals surface area contributed by atoms with Crippen LogP contribution < -0.4 is 21.7 Å². The molecule has 5 atom stereocenters. The number of amides is 3. The summed E-state index contributed by atoms with van der Waals surface area (Å²) in [6.45, 7) is 5.17. The van der Waals surface area contributed by atoms with Gasteiger partial charge in [0.2, 0.25) is 17.7 Å². The van der Waals surface area contributed by atoms with Crippen LogP contribution in [0.5, 0.6) is 0 Å². The number of nitrogens with two attached hydrogens (primary N) is 1. The first-order valence-electron chi connectivity index (χ1n) is 11.0. The molecule has 5 unspecified atom stereocenters. The summed E-state index contributed by atoms with van der Waals surface area (Å²) in [5, 5.41) is 17.4. The van der Waals surface area contributed by atoms with Crippen LogP contribution in [0, 0.1) is 5.92 Å². The number of hydrogen-bond donors (Lipinski definition) is 5. The fourth-order valence-electron chi connectivity index (χ4n) is 3.05. The number of carboxylic acid groups (broad SMARTS) is 1. The molecule has 0 aromatic heterocycles. The Bertz CT molecular complexity index is 792. The smallest absolute Gasteiger partial charge is 0.326 e.